The van der Waals surface area contributed by atoms with Crippen LogP contribution in [0.3, 0.4) is 0 Å². The molecule has 94 valence electrons. The van der Waals surface area contributed by atoms with Crippen molar-refractivity contribution in [3.05, 3.63) is 0 Å². The maximum atomic E-state index is 11.1. The first-order valence-corrected chi connectivity index (χ1v) is 5.62. The number of aldehydes is 1. The van der Waals surface area contributed by atoms with Gasteiger partial charge in [0.2, 0.25) is 0 Å². The fourth-order valence-corrected chi connectivity index (χ4v) is 1.95. The van der Waals surface area contributed by atoms with Crippen molar-refractivity contribution in [2.24, 2.45) is 5.41 Å². The van der Waals surface area contributed by atoms with Gasteiger partial charge in [0, 0.05) is 33.4 Å². The monoisotopic (exact) mass is 231 g/mol. The molecule has 0 radical (unpaired) electrons. The number of hydrogen-bond donors (Lipinski definition) is 1. The highest BCUT2D eigenvalue weighted by Gasteiger charge is 2.36. The van der Waals surface area contributed by atoms with Crippen molar-refractivity contribution in [1.82, 2.24) is 4.90 Å². The summed E-state index contributed by atoms with van der Waals surface area (Å²) in [7, 11) is 1.64. The predicted molar refractivity (Wildman–Crippen MR) is 59.3 cm³/mol. The second kappa shape index (κ2) is 6.96. The van der Waals surface area contributed by atoms with E-state index < -0.39 is 0 Å². The van der Waals surface area contributed by atoms with Gasteiger partial charge in [0.05, 0.1) is 25.2 Å². The van der Waals surface area contributed by atoms with Crippen LogP contribution in [0.25, 0.3) is 0 Å². The van der Waals surface area contributed by atoms with Crippen molar-refractivity contribution in [3.63, 3.8) is 0 Å². The number of rotatable bonds is 8. The molecule has 5 heteroatoms. The Morgan fingerprint density at radius 1 is 1.56 bits per heavy atom. The number of nitrogens with zero attached hydrogens (tertiary/aromatic N) is 1. The van der Waals surface area contributed by atoms with Gasteiger partial charge in [-0.3, -0.25) is 4.90 Å². The molecule has 5 nitrogen and oxygen atoms in total. The second-order valence-corrected chi connectivity index (χ2v) is 4.28. The van der Waals surface area contributed by atoms with Gasteiger partial charge >= 0.3 is 0 Å². The molecule has 0 aromatic heterocycles. The molecular formula is C11H21NO4. The van der Waals surface area contributed by atoms with Crippen molar-refractivity contribution in [2.45, 2.75) is 6.42 Å². The number of hydrogen-bond acceptors (Lipinski definition) is 5. The van der Waals surface area contributed by atoms with Gasteiger partial charge < -0.3 is 19.4 Å². The summed E-state index contributed by atoms with van der Waals surface area (Å²) in [6.07, 6.45) is 1.77. The number of carbonyl (C=O) groups is 1. The molecule has 16 heavy (non-hydrogen) atoms. The molecule has 1 atom stereocenters. The predicted octanol–water partition coefficient (Wildman–Crippen LogP) is -0.467. The zero-order chi connectivity index (χ0) is 11.9. The van der Waals surface area contributed by atoms with Crippen molar-refractivity contribution < 1.29 is 19.4 Å². The molecule has 0 amide bonds. The molecule has 1 saturated heterocycles. The third kappa shape index (κ3) is 3.83. The molecule has 0 spiro atoms. The highest BCUT2D eigenvalue weighted by molar-refractivity contribution is 5.60. The van der Waals surface area contributed by atoms with E-state index in [1.165, 1.54) is 0 Å². The van der Waals surface area contributed by atoms with Crippen LogP contribution in [-0.2, 0) is 14.3 Å². The summed E-state index contributed by atoms with van der Waals surface area (Å²) in [5.41, 5.74) is -0.386. The van der Waals surface area contributed by atoms with E-state index in [9.17, 15) is 4.79 Å². The first kappa shape index (κ1) is 13.6. The lowest BCUT2D eigenvalue weighted by atomic mass is 9.88. The van der Waals surface area contributed by atoms with Gasteiger partial charge in [-0.25, -0.2) is 0 Å². The Morgan fingerprint density at radius 3 is 2.88 bits per heavy atom. The Balaban J connectivity index is 2.47. The van der Waals surface area contributed by atoms with E-state index in [-0.39, 0.29) is 12.0 Å². The standard InChI is InChI=1S/C11H21NO4/c1-15-7-4-12(3-5-13)8-11(9-14)2-6-16-10-11/h9,13H,2-8,10H2,1H3. The van der Waals surface area contributed by atoms with E-state index >= 15 is 0 Å². The molecular weight excluding hydrogens is 210 g/mol. The third-order valence-corrected chi connectivity index (χ3v) is 2.95. The highest BCUT2D eigenvalue weighted by Crippen LogP contribution is 2.27. The van der Waals surface area contributed by atoms with Crippen LogP contribution in [-0.4, -0.2) is 69.5 Å². The van der Waals surface area contributed by atoms with Crippen LogP contribution in [0, 0.1) is 5.41 Å². The Morgan fingerprint density at radius 2 is 2.38 bits per heavy atom. The zero-order valence-electron chi connectivity index (χ0n) is 9.85. The van der Waals surface area contributed by atoms with Crippen molar-refractivity contribution in [3.8, 4) is 0 Å². The van der Waals surface area contributed by atoms with E-state index in [0.717, 1.165) is 19.3 Å². The van der Waals surface area contributed by atoms with Gasteiger partial charge in [-0.2, -0.15) is 0 Å². The van der Waals surface area contributed by atoms with Gasteiger partial charge in [0.25, 0.3) is 0 Å². The summed E-state index contributed by atoms with van der Waals surface area (Å²) < 4.78 is 10.3. The Hall–Kier alpha value is -0.490. The average molecular weight is 231 g/mol. The largest absolute Gasteiger partial charge is 0.395 e. The third-order valence-electron chi connectivity index (χ3n) is 2.95. The molecule has 1 fully saturated rings. The number of ether oxygens (including phenoxy) is 2. The van der Waals surface area contributed by atoms with E-state index in [2.05, 4.69) is 0 Å². The summed E-state index contributed by atoms with van der Waals surface area (Å²) in [5.74, 6) is 0. The maximum absolute atomic E-state index is 11.1. The summed E-state index contributed by atoms with van der Waals surface area (Å²) in [6, 6.07) is 0. The molecule has 0 bridgehead atoms. The lowest BCUT2D eigenvalue weighted by Crippen LogP contribution is -2.42. The molecule has 1 N–H and O–H groups in total. The lowest BCUT2D eigenvalue weighted by Gasteiger charge is -2.29. The number of aliphatic hydroxyl groups excluding tert-OH is 1. The fraction of sp³-hybridized carbons (Fsp3) is 0.909. The number of aliphatic hydroxyl groups is 1. The molecule has 0 saturated carbocycles. The van der Waals surface area contributed by atoms with E-state index in [1.54, 1.807) is 7.11 Å². The minimum Gasteiger partial charge on any atom is -0.395 e. The molecule has 1 rings (SSSR count). The van der Waals surface area contributed by atoms with Gasteiger partial charge in [-0.05, 0) is 6.42 Å². The normalized spacial score (nSPS) is 25.2. The van der Waals surface area contributed by atoms with Gasteiger partial charge in [0.15, 0.2) is 0 Å². The SMILES string of the molecule is COCCN(CCO)CC1(C=O)CCOC1. The van der Waals surface area contributed by atoms with Gasteiger partial charge in [-0.15, -0.1) is 0 Å². The van der Waals surface area contributed by atoms with Crippen LogP contribution in [0.15, 0.2) is 0 Å². The Labute approximate surface area is 96.3 Å². The van der Waals surface area contributed by atoms with Crippen molar-refractivity contribution in [1.29, 1.82) is 0 Å². The Kier molecular flexibility index (Phi) is 5.90. The lowest BCUT2D eigenvalue weighted by molar-refractivity contribution is -0.117. The average Bonchev–Trinajstić information content (AvgIpc) is 2.75. The zero-order valence-corrected chi connectivity index (χ0v) is 9.85. The molecule has 1 unspecified atom stereocenters. The number of methoxy groups -OCH3 is 1. The van der Waals surface area contributed by atoms with Crippen molar-refractivity contribution in [2.75, 3.05) is 53.2 Å². The summed E-state index contributed by atoms with van der Waals surface area (Å²) >= 11 is 0. The summed E-state index contributed by atoms with van der Waals surface area (Å²) in [5, 5.41) is 8.96. The van der Waals surface area contributed by atoms with Crippen molar-refractivity contribution >= 4 is 6.29 Å². The maximum Gasteiger partial charge on any atom is 0.129 e. The number of carbonyl (C=O) groups excluding carboxylic acids is 1. The summed E-state index contributed by atoms with van der Waals surface area (Å²) in [4.78, 5) is 13.2. The van der Waals surface area contributed by atoms with Crippen LogP contribution < -0.4 is 0 Å². The van der Waals surface area contributed by atoms with Crippen LogP contribution >= 0.6 is 0 Å². The van der Waals surface area contributed by atoms with Crippen LogP contribution in [0.2, 0.25) is 0 Å². The summed E-state index contributed by atoms with van der Waals surface area (Å²) in [6.45, 7) is 3.78. The van der Waals surface area contributed by atoms with Crippen LogP contribution in [0.4, 0.5) is 0 Å². The molecule has 0 aromatic rings. The van der Waals surface area contributed by atoms with Gasteiger partial charge in [-0.1, -0.05) is 0 Å². The fourth-order valence-electron chi connectivity index (χ4n) is 1.95. The quantitative estimate of drug-likeness (QED) is 0.572. The minimum absolute atomic E-state index is 0.0967. The molecule has 0 aliphatic carbocycles. The molecule has 1 aliphatic heterocycles. The molecule has 1 heterocycles. The smallest absolute Gasteiger partial charge is 0.129 e. The van der Waals surface area contributed by atoms with Crippen LogP contribution in [0.1, 0.15) is 6.42 Å². The van der Waals surface area contributed by atoms with Gasteiger partial charge in [0.1, 0.15) is 6.29 Å². The highest BCUT2D eigenvalue weighted by atomic mass is 16.5. The van der Waals surface area contributed by atoms with E-state index in [0.29, 0.717) is 32.9 Å². The molecule has 1 aliphatic rings. The van der Waals surface area contributed by atoms with E-state index in [1.807, 2.05) is 4.90 Å². The first-order valence-electron chi connectivity index (χ1n) is 5.62. The topological polar surface area (TPSA) is 59.0 Å². The van der Waals surface area contributed by atoms with Crippen LogP contribution in [0.5, 0.6) is 0 Å². The second-order valence-electron chi connectivity index (χ2n) is 4.28. The first-order chi connectivity index (χ1) is 7.76. The molecule has 0 aromatic carbocycles. The minimum atomic E-state index is -0.386. The Bertz CT molecular complexity index is 204. The van der Waals surface area contributed by atoms with E-state index in [4.69, 9.17) is 14.6 Å².